The highest BCUT2D eigenvalue weighted by molar-refractivity contribution is 6.56. The van der Waals surface area contributed by atoms with Crippen LogP contribution in [0.25, 0.3) is 0 Å². The highest BCUT2D eigenvalue weighted by atomic mass is 28.4. The first kappa shape index (κ1) is 10.1. The van der Waals surface area contributed by atoms with Crippen LogP contribution in [0.4, 0.5) is 0 Å². The van der Waals surface area contributed by atoms with Crippen molar-refractivity contribution in [1.29, 1.82) is 0 Å². The van der Waals surface area contributed by atoms with Crippen LogP contribution in [-0.2, 0) is 9.47 Å². The van der Waals surface area contributed by atoms with Gasteiger partial charge >= 0.3 is 8.80 Å². The van der Waals surface area contributed by atoms with E-state index in [0.29, 0.717) is 19.6 Å². The third kappa shape index (κ3) is 5.64. The Hall–Kier alpha value is 0.0169. The Morgan fingerprint density at radius 2 is 2.08 bits per heavy atom. The zero-order valence-corrected chi connectivity index (χ0v) is 7.77. The Kier molecular flexibility index (Phi) is 3.63. The third-order valence-electron chi connectivity index (χ3n) is 1.51. The van der Waals surface area contributed by atoms with E-state index in [4.69, 9.17) is 23.9 Å². The molecule has 6 heteroatoms. The lowest BCUT2D eigenvalue weighted by atomic mass is 10.5. The molecule has 1 aliphatic rings. The summed E-state index contributed by atoms with van der Waals surface area (Å²) in [6, 6.07) is 0.0402. The van der Waals surface area contributed by atoms with E-state index in [1.165, 1.54) is 0 Å². The summed E-state index contributed by atoms with van der Waals surface area (Å²) < 4.78 is 10.0. The van der Waals surface area contributed by atoms with Crippen LogP contribution in [0, 0.1) is 0 Å². The van der Waals surface area contributed by atoms with Gasteiger partial charge in [-0.05, 0) is 6.42 Å². The maximum absolute atomic E-state index is 8.61. The van der Waals surface area contributed by atoms with Gasteiger partial charge in [0.2, 0.25) is 0 Å². The van der Waals surface area contributed by atoms with Gasteiger partial charge in [-0.1, -0.05) is 0 Å². The van der Waals surface area contributed by atoms with E-state index in [0.717, 1.165) is 6.61 Å². The van der Waals surface area contributed by atoms with Crippen molar-refractivity contribution < 1.29 is 23.9 Å². The van der Waals surface area contributed by atoms with Crippen molar-refractivity contribution in [3.8, 4) is 0 Å². The van der Waals surface area contributed by atoms with Gasteiger partial charge in [-0.3, -0.25) is 0 Å². The van der Waals surface area contributed by atoms with Crippen molar-refractivity contribution in [2.75, 3.05) is 19.8 Å². The van der Waals surface area contributed by atoms with E-state index in [1.54, 1.807) is 0 Å². The van der Waals surface area contributed by atoms with Gasteiger partial charge in [0, 0.05) is 12.7 Å². The molecule has 0 aromatic carbocycles. The fraction of sp³-hybridized carbons (Fsp3) is 1.00. The average molecular weight is 194 g/mol. The Morgan fingerprint density at radius 3 is 2.58 bits per heavy atom. The van der Waals surface area contributed by atoms with Crippen molar-refractivity contribution in [1.82, 2.24) is 0 Å². The van der Waals surface area contributed by atoms with Gasteiger partial charge in [0.25, 0.3) is 0 Å². The van der Waals surface area contributed by atoms with Crippen LogP contribution in [0.5, 0.6) is 0 Å². The molecule has 3 N–H and O–H groups in total. The molecule has 0 saturated carbocycles. The molecule has 12 heavy (non-hydrogen) atoms. The standard InChI is InChI=1S/C6H14O5Si/c7-12(8,9)3-1-2-10-4-6-5-11-6/h6-9H,1-5H2. The zero-order chi connectivity index (χ0) is 9.03. The molecule has 5 nitrogen and oxygen atoms in total. The molecule has 0 amide bonds. The number of hydrogen-bond donors (Lipinski definition) is 3. The highest BCUT2D eigenvalue weighted by Gasteiger charge is 2.26. The van der Waals surface area contributed by atoms with Gasteiger partial charge in [0.15, 0.2) is 0 Å². The van der Waals surface area contributed by atoms with Crippen LogP contribution in [0.15, 0.2) is 0 Å². The van der Waals surface area contributed by atoms with Crippen LogP contribution < -0.4 is 0 Å². The molecule has 1 fully saturated rings. The monoisotopic (exact) mass is 194 g/mol. The molecular weight excluding hydrogens is 180 g/mol. The molecule has 0 aromatic heterocycles. The molecule has 0 radical (unpaired) electrons. The Bertz CT molecular complexity index is 130. The quantitative estimate of drug-likeness (QED) is 0.278. The lowest BCUT2D eigenvalue weighted by Gasteiger charge is -2.08. The average Bonchev–Trinajstić information content (AvgIpc) is 2.68. The predicted molar refractivity (Wildman–Crippen MR) is 42.4 cm³/mol. The Labute approximate surface area is 71.9 Å². The molecule has 72 valence electrons. The number of epoxide rings is 1. The smallest absolute Gasteiger partial charge is 0.390 e. The van der Waals surface area contributed by atoms with Crippen LogP contribution >= 0.6 is 0 Å². The minimum absolute atomic E-state index is 0.0402. The highest BCUT2D eigenvalue weighted by Crippen LogP contribution is 2.09. The van der Waals surface area contributed by atoms with Crippen molar-refractivity contribution in [3.63, 3.8) is 0 Å². The second-order valence-corrected chi connectivity index (χ2v) is 4.96. The molecule has 1 unspecified atom stereocenters. The molecule has 0 aromatic rings. The minimum atomic E-state index is -3.83. The molecule has 1 aliphatic heterocycles. The van der Waals surface area contributed by atoms with E-state index in [1.807, 2.05) is 0 Å². The summed E-state index contributed by atoms with van der Waals surface area (Å²) in [7, 11) is -3.83. The predicted octanol–water partition coefficient (Wildman–Crippen LogP) is -1.29. The summed E-state index contributed by atoms with van der Waals surface area (Å²) >= 11 is 0. The van der Waals surface area contributed by atoms with E-state index in [-0.39, 0.29) is 12.1 Å². The van der Waals surface area contributed by atoms with Crippen LogP contribution in [0.3, 0.4) is 0 Å². The van der Waals surface area contributed by atoms with E-state index < -0.39 is 8.80 Å². The fourth-order valence-corrected chi connectivity index (χ4v) is 1.41. The normalized spacial score (nSPS) is 22.8. The van der Waals surface area contributed by atoms with Crippen LogP contribution in [0.1, 0.15) is 6.42 Å². The van der Waals surface area contributed by atoms with Gasteiger partial charge in [-0.15, -0.1) is 0 Å². The van der Waals surface area contributed by atoms with E-state index >= 15 is 0 Å². The molecular formula is C6H14O5Si. The number of hydrogen-bond acceptors (Lipinski definition) is 5. The first-order valence-electron chi connectivity index (χ1n) is 3.94. The first-order valence-corrected chi connectivity index (χ1v) is 5.99. The number of ether oxygens (including phenoxy) is 2. The van der Waals surface area contributed by atoms with Gasteiger partial charge in [-0.2, -0.15) is 0 Å². The number of rotatable bonds is 6. The van der Waals surface area contributed by atoms with Gasteiger partial charge in [0.1, 0.15) is 6.10 Å². The molecule has 1 saturated heterocycles. The van der Waals surface area contributed by atoms with Gasteiger partial charge in [-0.25, -0.2) is 0 Å². The van der Waals surface area contributed by atoms with E-state index in [9.17, 15) is 0 Å². The maximum atomic E-state index is 8.61. The molecule has 1 rings (SSSR count). The topological polar surface area (TPSA) is 82.5 Å². The summed E-state index contributed by atoms with van der Waals surface area (Å²) in [6.07, 6.45) is 0.715. The second kappa shape index (κ2) is 4.31. The van der Waals surface area contributed by atoms with Crippen molar-refractivity contribution in [3.05, 3.63) is 0 Å². The molecule has 0 spiro atoms. The largest absolute Gasteiger partial charge is 0.492 e. The summed E-state index contributed by atoms with van der Waals surface area (Å²) in [5.74, 6) is 0. The summed E-state index contributed by atoms with van der Waals surface area (Å²) in [6.45, 7) is 1.77. The SMILES string of the molecule is O[Si](O)(O)CCCOCC1CO1. The molecule has 0 bridgehead atoms. The van der Waals surface area contributed by atoms with Crippen LogP contribution in [-0.4, -0.2) is 49.1 Å². The summed E-state index contributed by atoms with van der Waals surface area (Å²) in [5, 5.41) is 0. The molecule has 1 atom stereocenters. The second-order valence-electron chi connectivity index (χ2n) is 2.91. The third-order valence-corrected chi connectivity index (χ3v) is 2.53. The van der Waals surface area contributed by atoms with Gasteiger partial charge < -0.3 is 23.9 Å². The lowest BCUT2D eigenvalue weighted by molar-refractivity contribution is 0.113. The Morgan fingerprint density at radius 1 is 1.42 bits per heavy atom. The minimum Gasteiger partial charge on any atom is -0.390 e. The maximum Gasteiger partial charge on any atom is 0.492 e. The van der Waals surface area contributed by atoms with Crippen molar-refractivity contribution >= 4 is 8.80 Å². The van der Waals surface area contributed by atoms with Gasteiger partial charge in [0.05, 0.1) is 13.2 Å². The zero-order valence-electron chi connectivity index (χ0n) is 6.77. The lowest BCUT2D eigenvalue weighted by Crippen LogP contribution is -2.34. The Balaban J connectivity index is 1.82. The summed E-state index contributed by atoms with van der Waals surface area (Å²) in [5.41, 5.74) is 0. The first-order chi connectivity index (χ1) is 5.58. The fourth-order valence-electron chi connectivity index (χ4n) is 0.790. The summed E-state index contributed by atoms with van der Waals surface area (Å²) in [4.78, 5) is 25.8. The van der Waals surface area contributed by atoms with E-state index in [2.05, 4.69) is 0 Å². The molecule has 1 heterocycles. The van der Waals surface area contributed by atoms with Crippen molar-refractivity contribution in [2.45, 2.75) is 18.6 Å². The van der Waals surface area contributed by atoms with Crippen LogP contribution in [0.2, 0.25) is 6.04 Å². The molecule has 0 aliphatic carbocycles. The van der Waals surface area contributed by atoms with Crippen molar-refractivity contribution in [2.24, 2.45) is 0 Å².